The number of hydrogen-bond donors (Lipinski definition) is 2. The van der Waals surface area contributed by atoms with Crippen molar-refractivity contribution in [1.29, 1.82) is 0 Å². The van der Waals surface area contributed by atoms with Gasteiger partial charge in [-0.25, -0.2) is 0 Å². The number of aliphatic hydroxyl groups excluding tert-OH is 2. The van der Waals surface area contributed by atoms with Crippen molar-refractivity contribution in [2.75, 3.05) is 24.7 Å². The average Bonchev–Trinajstić information content (AvgIpc) is 2.54. The molecule has 0 saturated carbocycles. The predicted octanol–water partition coefficient (Wildman–Crippen LogP) is -0.0161. The van der Waals surface area contributed by atoms with Gasteiger partial charge in [-0.3, -0.25) is 0 Å². The Labute approximate surface area is 90.9 Å². The van der Waals surface area contributed by atoms with Gasteiger partial charge in [-0.05, 0) is 0 Å². The Kier molecular flexibility index (Phi) is 5.31. The van der Waals surface area contributed by atoms with Crippen LogP contribution in [0.4, 0.5) is 0 Å². The summed E-state index contributed by atoms with van der Waals surface area (Å²) in [5, 5.41) is 26.8. The van der Waals surface area contributed by atoms with Crippen molar-refractivity contribution >= 4 is 23.5 Å². The van der Waals surface area contributed by atoms with Crippen LogP contribution in [0.15, 0.2) is 10.3 Å². The highest BCUT2D eigenvalue weighted by Crippen LogP contribution is 2.20. The highest BCUT2D eigenvalue weighted by Gasteiger charge is 2.08. The molecule has 0 aromatic carbocycles. The van der Waals surface area contributed by atoms with E-state index in [9.17, 15) is 0 Å². The van der Waals surface area contributed by atoms with E-state index in [4.69, 9.17) is 10.2 Å². The van der Waals surface area contributed by atoms with Crippen LogP contribution in [-0.2, 0) is 7.05 Å². The molecular formula is C7H13N3O2S2. The summed E-state index contributed by atoms with van der Waals surface area (Å²) in [6.45, 7) is 0.271. The number of aliphatic hydroxyl groups is 2. The van der Waals surface area contributed by atoms with Gasteiger partial charge in [0, 0.05) is 18.6 Å². The highest BCUT2D eigenvalue weighted by atomic mass is 32.2. The van der Waals surface area contributed by atoms with E-state index < -0.39 is 0 Å². The first-order valence-corrected chi connectivity index (χ1v) is 6.13. The van der Waals surface area contributed by atoms with Gasteiger partial charge in [-0.2, -0.15) is 0 Å². The van der Waals surface area contributed by atoms with Gasteiger partial charge in [0.1, 0.15) is 0 Å². The van der Waals surface area contributed by atoms with E-state index in [1.165, 1.54) is 23.5 Å². The Morgan fingerprint density at radius 1 is 1.07 bits per heavy atom. The third kappa shape index (κ3) is 3.16. The Morgan fingerprint density at radius 3 is 1.86 bits per heavy atom. The van der Waals surface area contributed by atoms with Crippen LogP contribution < -0.4 is 0 Å². The van der Waals surface area contributed by atoms with Gasteiger partial charge in [0.2, 0.25) is 0 Å². The standard InChI is InChI=1S/C7H13N3O2S2/c1-10-6(13-4-2-11)8-9-7(10)14-5-3-12/h11-12H,2-5H2,1H3. The van der Waals surface area contributed by atoms with E-state index in [0.29, 0.717) is 11.5 Å². The van der Waals surface area contributed by atoms with Crippen LogP contribution in [0.3, 0.4) is 0 Å². The zero-order chi connectivity index (χ0) is 10.4. The summed E-state index contributed by atoms with van der Waals surface area (Å²) >= 11 is 2.93. The molecule has 0 aliphatic rings. The van der Waals surface area contributed by atoms with E-state index in [2.05, 4.69) is 10.2 Å². The Bertz CT molecular complexity index is 254. The summed E-state index contributed by atoms with van der Waals surface area (Å²) in [7, 11) is 1.87. The van der Waals surface area contributed by atoms with E-state index in [0.717, 1.165) is 10.3 Å². The molecular weight excluding hydrogens is 222 g/mol. The third-order valence-electron chi connectivity index (χ3n) is 1.44. The molecule has 0 aliphatic heterocycles. The zero-order valence-corrected chi connectivity index (χ0v) is 9.51. The molecule has 0 fully saturated rings. The lowest BCUT2D eigenvalue weighted by atomic mass is 10.9. The predicted molar refractivity (Wildman–Crippen MR) is 56.6 cm³/mol. The van der Waals surface area contributed by atoms with E-state index in [1.807, 2.05) is 11.6 Å². The van der Waals surface area contributed by atoms with E-state index >= 15 is 0 Å². The van der Waals surface area contributed by atoms with Crippen LogP contribution >= 0.6 is 23.5 Å². The summed E-state index contributed by atoms with van der Waals surface area (Å²) in [6, 6.07) is 0. The fourth-order valence-electron chi connectivity index (χ4n) is 0.827. The topological polar surface area (TPSA) is 71.2 Å². The second kappa shape index (κ2) is 6.28. The largest absolute Gasteiger partial charge is 0.396 e. The maximum atomic E-state index is 8.65. The first kappa shape index (κ1) is 11.8. The van der Waals surface area contributed by atoms with Gasteiger partial charge < -0.3 is 14.8 Å². The normalized spacial score (nSPS) is 10.8. The van der Waals surface area contributed by atoms with Crippen molar-refractivity contribution in [3.63, 3.8) is 0 Å². The van der Waals surface area contributed by atoms with Crippen molar-refractivity contribution in [2.24, 2.45) is 7.05 Å². The van der Waals surface area contributed by atoms with Gasteiger partial charge in [0.05, 0.1) is 13.2 Å². The summed E-state index contributed by atoms with van der Waals surface area (Å²) in [6.07, 6.45) is 0. The average molecular weight is 235 g/mol. The maximum Gasteiger partial charge on any atom is 0.191 e. The summed E-state index contributed by atoms with van der Waals surface area (Å²) in [5.74, 6) is 1.24. The summed E-state index contributed by atoms with van der Waals surface area (Å²) in [4.78, 5) is 0. The van der Waals surface area contributed by atoms with Crippen LogP contribution in [0, 0.1) is 0 Å². The van der Waals surface area contributed by atoms with Crippen molar-refractivity contribution in [1.82, 2.24) is 14.8 Å². The number of rotatable bonds is 6. The Balaban J connectivity index is 2.55. The van der Waals surface area contributed by atoms with Crippen LogP contribution in [0.5, 0.6) is 0 Å². The molecule has 1 heterocycles. The van der Waals surface area contributed by atoms with Crippen LogP contribution in [0.25, 0.3) is 0 Å². The lowest BCUT2D eigenvalue weighted by Crippen LogP contribution is -1.96. The molecule has 0 aliphatic carbocycles. The third-order valence-corrected chi connectivity index (χ3v) is 3.44. The molecule has 0 radical (unpaired) electrons. The SMILES string of the molecule is Cn1c(SCCO)nnc1SCCO. The molecule has 5 nitrogen and oxygen atoms in total. The first-order valence-electron chi connectivity index (χ1n) is 4.16. The maximum absolute atomic E-state index is 8.65. The molecule has 14 heavy (non-hydrogen) atoms. The van der Waals surface area contributed by atoms with Crippen molar-refractivity contribution in [3.8, 4) is 0 Å². The number of hydrogen-bond acceptors (Lipinski definition) is 6. The molecule has 1 aromatic heterocycles. The molecule has 1 aromatic rings. The number of thioether (sulfide) groups is 2. The van der Waals surface area contributed by atoms with Gasteiger partial charge in [0.25, 0.3) is 0 Å². The monoisotopic (exact) mass is 235 g/mol. The smallest absolute Gasteiger partial charge is 0.191 e. The van der Waals surface area contributed by atoms with Gasteiger partial charge >= 0.3 is 0 Å². The quantitative estimate of drug-likeness (QED) is 0.676. The van der Waals surface area contributed by atoms with Gasteiger partial charge in [-0.15, -0.1) is 10.2 Å². The van der Waals surface area contributed by atoms with Crippen LogP contribution in [0.1, 0.15) is 0 Å². The van der Waals surface area contributed by atoms with E-state index in [-0.39, 0.29) is 13.2 Å². The van der Waals surface area contributed by atoms with Crippen molar-refractivity contribution in [2.45, 2.75) is 10.3 Å². The summed E-state index contributed by atoms with van der Waals surface area (Å²) in [5.41, 5.74) is 0. The first-order chi connectivity index (χ1) is 6.79. The van der Waals surface area contributed by atoms with Crippen molar-refractivity contribution in [3.05, 3.63) is 0 Å². The molecule has 80 valence electrons. The van der Waals surface area contributed by atoms with Gasteiger partial charge in [0.15, 0.2) is 10.3 Å². The lowest BCUT2D eigenvalue weighted by molar-refractivity contribution is 0.322. The van der Waals surface area contributed by atoms with Gasteiger partial charge in [-0.1, -0.05) is 23.5 Å². The molecule has 0 spiro atoms. The molecule has 0 bridgehead atoms. The molecule has 0 amide bonds. The van der Waals surface area contributed by atoms with Crippen LogP contribution in [0.2, 0.25) is 0 Å². The minimum absolute atomic E-state index is 0.136. The lowest BCUT2D eigenvalue weighted by Gasteiger charge is -2.01. The fourth-order valence-corrected chi connectivity index (χ4v) is 2.19. The summed E-state index contributed by atoms with van der Waals surface area (Å²) < 4.78 is 1.86. The second-order valence-electron chi connectivity index (χ2n) is 2.47. The molecule has 7 heteroatoms. The fraction of sp³-hybridized carbons (Fsp3) is 0.714. The zero-order valence-electron chi connectivity index (χ0n) is 7.88. The minimum Gasteiger partial charge on any atom is -0.396 e. The second-order valence-corrected chi connectivity index (χ2v) is 4.59. The molecule has 1 rings (SSSR count). The number of aromatic nitrogens is 3. The molecule has 2 N–H and O–H groups in total. The highest BCUT2D eigenvalue weighted by molar-refractivity contribution is 7.99. The Morgan fingerprint density at radius 2 is 1.50 bits per heavy atom. The Hall–Kier alpha value is -0.240. The van der Waals surface area contributed by atoms with Crippen molar-refractivity contribution < 1.29 is 10.2 Å². The minimum atomic E-state index is 0.136. The number of nitrogens with zero attached hydrogens (tertiary/aromatic N) is 3. The van der Waals surface area contributed by atoms with E-state index in [1.54, 1.807) is 0 Å². The molecule has 0 saturated heterocycles. The molecule has 0 unspecified atom stereocenters. The molecule has 0 atom stereocenters. The van der Waals surface area contributed by atoms with Crippen LogP contribution in [-0.4, -0.2) is 49.7 Å².